The van der Waals surface area contributed by atoms with Gasteiger partial charge in [0.2, 0.25) is 0 Å². The second kappa shape index (κ2) is 3.87. The summed E-state index contributed by atoms with van der Waals surface area (Å²) >= 11 is 0. The summed E-state index contributed by atoms with van der Waals surface area (Å²) in [7, 11) is 0. The molecule has 0 spiro atoms. The van der Waals surface area contributed by atoms with Crippen LogP contribution in [-0.4, -0.2) is 24.9 Å². The van der Waals surface area contributed by atoms with E-state index in [1.54, 1.807) is 6.07 Å². The highest BCUT2D eigenvalue weighted by atomic mass is 19.2. The standard InChI is InChI=1S/C11H12F2O2/c12-9-2-1-8(5-10(9)13)11(3-4-14)6-15-7-11/h1-2,5,14H,3-4,6-7H2. The molecule has 1 saturated heterocycles. The van der Waals surface area contributed by atoms with Crippen molar-refractivity contribution in [1.82, 2.24) is 0 Å². The van der Waals surface area contributed by atoms with Gasteiger partial charge in [0.25, 0.3) is 0 Å². The fourth-order valence-corrected chi connectivity index (χ4v) is 1.84. The maximum atomic E-state index is 13.0. The van der Waals surface area contributed by atoms with E-state index < -0.39 is 11.6 Å². The lowest BCUT2D eigenvalue weighted by Gasteiger charge is -2.41. The lowest BCUT2D eigenvalue weighted by Crippen LogP contribution is -2.47. The molecule has 2 rings (SSSR count). The van der Waals surface area contributed by atoms with Crippen LogP contribution in [0.5, 0.6) is 0 Å². The van der Waals surface area contributed by atoms with Gasteiger partial charge in [0.05, 0.1) is 13.2 Å². The number of hydrogen-bond donors (Lipinski definition) is 1. The zero-order valence-electron chi connectivity index (χ0n) is 8.17. The van der Waals surface area contributed by atoms with E-state index in [4.69, 9.17) is 9.84 Å². The Morgan fingerprint density at radius 3 is 2.47 bits per heavy atom. The molecule has 0 unspecified atom stereocenters. The predicted molar refractivity (Wildman–Crippen MR) is 50.6 cm³/mol. The van der Waals surface area contributed by atoms with E-state index in [-0.39, 0.29) is 12.0 Å². The highest BCUT2D eigenvalue weighted by molar-refractivity contribution is 5.29. The molecule has 0 amide bonds. The normalized spacial score (nSPS) is 18.6. The van der Waals surface area contributed by atoms with Crippen molar-refractivity contribution in [2.45, 2.75) is 11.8 Å². The van der Waals surface area contributed by atoms with Gasteiger partial charge in [0.15, 0.2) is 11.6 Å². The molecule has 1 aliphatic rings. The van der Waals surface area contributed by atoms with Gasteiger partial charge in [-0.1, -0.05) is 6.07 Å². The molecule has 2 nitrogen and oxygen atoms in total. The number of benzene rings is 1. The third-order valence-electron chi connectivity index (χ3n) is 2.88. The summed E-state index contributed by atoms with van der Waals surface area (Å²) in [6.45, 7) is 0.930. The monoisotopic (exact) mass is 214 g/mol. The number of rotatable bonds is 3. The van der Waals surface area contributed by atoms with Crippen molar-refractivity contribution in [2.75, 3.05) is 19.8 Å². The fourth-order valence-electron chi connectivity index (χ4n) is 1.84. The van der Waals surface area contributed by atoms with Crippen LogP contribution in [0.3, 0.4) is 0 Å². The molecular weight excluding hydrogens is 202 g/mol. The molecule has 82 valence electrons. The minimum Gasteiger partial charge on any atom is -0.396 e. The summed E-state index contributed by atoms with van der Waals surface area (Å²) in [6.07, 6.45) is 0.512. The molecule has 1 aromatic carbocycles. The first-order valence-corrected chi connectivity index (χ1v) is 4.82. The molecule has 0 aliphatic carbocycles. The Bertz CT molecular complexity index is 362. The highest BCUT2D eigenvalue weighted by Crippen LogP contribution is 2.35. The second-order valence-corrected chi connectivity index (χ2v) is 3.88. The minimum atomic E-state index is -0.850. The van der Waals surface area contributed by atoms with Gasteiger partial charge in [-0.25, -0.2) is 8.78 Å². The van der Waals surface area contributed by atoms with Gasteiger partial charge in [-0.05, 0) is 24.1 Å². The van der Waals surface area contributed by atoms with Gasteiger partial charge in [0, 0.05) is 12.0 Å². The molecule has 0 radical (unpaired) electrons. The quantitative estimate of drug-likeness (QED) is 0.828. The van der Waals surface area contributed by atoms with Gasteiger partial charge in [0.1, 0.15) is 0 Å². The second-order valence-electron chi connectivity index (χ2n) is 3.88. The number of ether oxygens (including phenoxy) is 1. The molecule has 1 N–H and O–H groups in total. The topological polar surface area (TPSA) is 29.5 Å². The third kappa shape index (κ3) is 1.75. The first-order valence-electron chi connectivity index (χ1n) is 4.82. The molecule has 0 saturated carbocycles. The Morgan fingerprint density at radius 1 is 1.27 bits per heavy atom. The SMILES string of the molecule is OCCC1(c2ccc(F)c(F)c2)COC1. The summed E-state index contributed by atoms with van der Waals surface area (Å²) in [5, 5.41) is 8.93. The number of hydrogen-bond acceptors (Lipinski definition) is 2. The van der Waals surface area contributed by atoms with Crippen molar-refractivity contribution < 1.29 is 18.6 Å². The average Bonchev–Trinajstić information content (AvgIpc) is 2.16. The van der Waals surface area contributed by atoms with Crippen LogP contribution >= 0.6 is 0 Å². The van der Waals surface area contributed by atoms with E-state index in [1.165, 1.54) is 6.07 Å². The van der Waals surface area contributed by atoms with Crippen LogP contribution in [0.25, 0.3) is 0 Å². The van der Waals surface area contributed by atoms with Gasteiger partial charge in [-0.15, -0.1) is 0 Å². The van der Waals surface area contributed by atoms with Crippen LogP contribution < -0.4 is 0 Å². The Labute approximate surface area is 86.5 Å². The maximum absolute atomic E-state index is 13.0. The van der Waals surface area contributed by atoms with Crippen LogP contribution in [0.4, 0.5) is 8.78 Å². The molecule has 1 aliphatic heterocycles. The van der Waals surface area contributed by atoms with Gasteiger partial charge in [-0.3, -0.25) is 0 Å². The molecule has 0 bridgehead atoms. The summed E-state index contributed by atoms with van der Waals surface area (Å²) in [4.78, 5) is 0. The summed E-state index contributed by atoms with van der Waals surface area (Å²) in [5.74, 6) is -1.70. The van der Waals surface area contributed by atoms with Crippen molar-refractivity contribution in [3.05, 3.63) is 35.4 Å². The van der Waals surface area contributed by atoms with Crippen LogP contribution in [0.2, 0.25) is 0 Å². The lowest BCUT2D eigenvalue weighted by atomic mass is 9.76. The molecule has 15 heavy (non-hydrogen) atoms. The third-order valence-corrected chi connectivity index (χ3v) is 2.88. The predicted octanol–water partition coefficient (Wildman–Crippen LogP) is 1.62. The lowest BCUT2D eigenvalue weighted by molar-refractivity contribution is -0.0702. The van der Waals surface area contributed by atoms with Crippen LogP contribution in [0, 0.1) is 11.6 Å². The van der Waals surface area contributed by atoms with E-state index in [2.05, 4.69) is 0 Å². The largest absolute Gasteiger partial charge is 0.396 e. The maximum Gasteiger partial charge on any atom is 0.159 e. The Hall–Kier alpha value is -1.00. The Kier molecular flexibility index (Phi) is 2.71. The van der Waals surface area contributed by atoms with E-state index in [0.29, 0.717) is 25.2 Å². The molecule has 1 aromatic rings. The molecule has 1 fully saturated rings. The molecular formula is C11H12F2O2. The van der Waals surface area contributed by atoms with Gasteiger partial charge in [-0.2, -0.15) is 0 Å². The zero-order chi connectivity index (χ0) is 10.9. The van der Waals surface area contributed by atoms with Crippen molar-refractivity contribution in [1.29, 1.82) is 0 Å². The van der Waals surface area contributed by atoms with E-state index in [9.17, 15) is 8.78 Å². The van der Waals surface area contributed by atoms with Gasteiger partial charge < -0.3 is 9.84 Å². The summed E-state index contributed by atoms with van der Waals surface area (Å²) in [5.41, 5.74) is 0.366. The fraction of sp³-hybridized carbons (Fsp3) is 0.455. The Morgan fingerprint density at radius 2 is 2.00 bits per heavy atom. The van der Waals surface area contributed by atoms with Crippen molar-refractivity contribution in [3.8, 4) is 0 Å². The molecule has 1 heterocycles. The van der Waals surface area contributed by atoms with Gasteiger partial charge >= 0.3 is 0 Å². The number of halogens is 2. The van der Waals surface area contributed by atoms with Crippen LogP contribution in [0.1, 0.15) is 12.0 Å². The summed E-state index contributed by atoms with van der Waals surface area (Å²) < 4.78 is 30.9. The van der Waals surface area contributed by atoms with E-state index >= 15 is 0 Å². The number of aliphatic hydroxyl groups excluding tert-OH is 1. The van der Waals surface area contributed by atoms with E-state index in [0.717, 1.165) is 6.07 Å². The number of aliphatic hydroxyl groups is 1. The van der Waals surface area contributed by atoms with Crippen molar-refractivity contribution in [3.63, 3.8) is 0 Å². The Balaban J connectivity index is 2.30. The minimum absolute atomic E-state index is 0.0162. The first-order chi connectivity index (χ1) is 7.18. The molecule has 0 atom stereocenters. The smallest absolute Gasteiger partial charge is 0.159 e. The zero-order valence-corrected chi connectivity index (χ0v) is 8.17. The van der Waals surface area contributed by atoms with Crippen molar-refractivity contribution in [2.24, 2.45) is 0 Å². The average molecular weight is 214 g/mol. The van der Waals surface area contributed by atoms with Crippen LogP contribution in [0.15, 0.2) is 18.2 Å². The summed E-state index contributed by atoms with van der Waals surface area (Å²) in [6, 6.07) is 3.85. The highest BCUT2D eigenvalue weighted by Gasteiger charge is 2.40. The van der Waals surface area contributed by atoms with Crippen molar-refractivity contribution >= 4 is 0 Å². The molecule has 4 heteroatoms. The first kappa shape index (κ1) is 10.5. The molecule has 0 aromatic heterocycles. The van der Waals surface area contributed by atoms with Crippen LogP contribution in [-0.2, 0) is 10.2 Å². The van der Waals surface area contributed by atoms with E-state index in [1.807, 2.05) is 0 Å².